The Morgan fingerprint density at radius 1 is 0.733 bits per heavy atom. The van der Waals surface area contributed by atoms with Gasteiger partial charge in [0.2, 0.25) is 5.43 Å². The van der Waals surface area contributed by atoms with E-state index >= 15 is 0 Å². The zero-order valence-corrected chi connectivity index (χ0v) is 37.8. The number of nitrogens with one attached hydrogen (secondary N) is 2. The van der Waals surface area contributed by atoms with Crippen LogP contribution < -0.4 is 10.9 Å². The average molecular weight is 1230 g/mol. The molecule has 0 aliphatic heterocycles. The maximum absolute atomic E-state index is 10.9. The third-order valence-electron chi connectivity index (χ3n) is 5.26. The van der Waals surface area contributed by atoms with Crippen LogP contribution in [0.25, 0.3) is 0 Å². The molecule has 45 heavy (non-hydrogen) atoms. The van der Waals surface area contributed by atoms with Crippen LogP contribution in [-0.2, 0) is 53.8 Å². The number of nitrogens with zero attached hydrogens (tertiary/aromatic N) is 2. The molecular formula is C27H28BBr5Cl2N4O4WY. The second-order valence-corrected chi connectivity index (χ2v) is 13.7. The van der Waals surface area contributed by atoms with Crippen LogP contribution >= 0.6 is 103 Å². The number of aromatic amines is 2. The van der Waals surface area contributed by atoms with Crippen LogP contribution in [0.3, 0.4) is 0 Å². The topological polar surface area (TPSA) is 132 Å². The molecule has 4 aromatic heterocycles. The van der Waals surface area contributed by atoms with Crippen LogP contribution in [0.1, 0.15) is 44.6 Å². The van der Waals surface area contributed by atoms with Crippen molar-refractivity contribution in [3.63, 3.8) is 0 Å². The van der Waals surface area contributed by atoms with Crippen LogP contribution in [-0.4, -0.2) is 37.1 Å². The molecule has 4 aromatic rings. The molecule has 4 N–H and O–H groups in total. The Morgan fingerprint density at radius 2 is 1.18 bits per heavy atom. The first-order valence-electron chi connectivity index (χ1n) is 12.2. The van der Waals surface area contributed by atoms with Gasteiger partial charge in [-0.3, -0.25) is 19.6 Å². The van der Waals surface area contributed by atoms with Gasteiger partial charge in [-0.1, -0.05) is 43.5 Å². The van der Waals surface area contributed by atoms with E-state index in [4.69, 9.17) is 33.2 Å². The third-order valence-corrected chi connectivity index (χ3v) is 9.76. The summed E-state index contributed by atoms with van der Waals surface area (Å²) in [6.07, 6.45) is 17.8. The fraction of sp³-hybridized carbons (Fsp3) is 0.259. The summed E-state index contributed by atoms with van der Waals surface area (Å²) in [7, 11) is -1.04. The SMILES string of the molecule is C.Clc1c(Br)cncc1Br.Clc1c(Br)cncc1C1CC1.O=c1c(Br)c[nH]cc1Br.O=c1cc[nH]cc1.OB(O)C1CC1.[W].[Y]. The minimum Gasteiger partial charge on any atom is -0.427 e. The molecule has 1 radical (unpaired) electrons. The number of hydrogen-bond acceptors (Lipinski definition) is 6. The molecule has 0 aromatic carbocycles. The van der Waals surface area contributed by atoms with Crippen molar-refractivity contribution in [2.45, 2.75) is 44.8 Å². The van der Waals surface area contributed by atoms with E-state index in [0.29, 0.717) is 19.9 Å². The van der Waals surface area contributed by atoms with Gasteiger partial charge in [0.15, 0.2) is 5.43 Å². The summed E-state index contributed by atoms with van der Waals surface area (Å²) in [5.74, 6) is 0.887. The van der Waals surface area contributed by atoms with E-state index < -0.39 is 7.12 Å². The first-order valence-corrected chi connectivity index (χ1v) is 16.9. The van der Waals surface area contributed by atoms with E-state index in [1.165, 1.54) is 30.5 Å². The summed E-state index contributed by atoms with van der Waals surface area (Å²) in [6.45, 7) is 0. The summed E-state index contributed by atoms with van der Waals surface area (Å²) in [5, 5.41) is 18.0. The molecule has 2 fully saturated rings. The van der Waals surface area contributed by atoms with Crippen molar-refractivity contribution in [2.75, 3.05) is 0 Å². The Bertz CT molecular complexity index is 1490. The van der Waals surface area contributed by atoms with E-state index in [9.17, 15) is 9.59 Å². The van der Waals surface area contributed by atoms with Crippen molar-refractivity contribution in [1.29, 1.82) is 0 Å². The summed E-state index contributed by atoms with van der Waals surface area (Å²) in [5.41, 5.74) is 1.20. The smallest absolute Gasteiger partial charge is 0.427 e. The molecule has 4 heterocycles. The minimum absolute atomic E-state index is 0. The summed E-state index contributed by atoms with van der Waals surface area (Å²) < 4.78 is 3.59. The number of aromatic nitrogens is 4. The van der Waals surface area contributed by atoms with Gasteiger partial charge in [-0.25, -0.2) is 0 Å². The first-order chi connectivity index (χ1) is 19.9. The molecule has 2 aliphatic carbocycles. The molecule has 0 atom stereocenters. The van der Waals surface area contributed by atoms with Crippen molar-refractivity contribution in [3.8, 4) is 0 Å². The van der Waals surface area contributed by atoms with Gasteiger partial charge in [0.05, 0.1) is 32.4 Å². The largest absolute Gasteiger partial charge is 0.454 e. The predicted octanol–water partition coefficient (Wildman–Crippen LogP) is 9.16. The van der Waals surface area contributed by atoms with E-state index in [1.807, 2.05) is 6.20 Å². The van der Waals surface area contributed by atoms with Gasteiger partial charge < -0.3 is 20.0 Å². The zero-order valence-electron chi connectivity index (χ0n) is 22.6. The maximum atomic E-state index is 10.9. The molecule has 18 heteroatoms. The number of hydrogen-bond donors (Lipinski definition) is 4. The Kier molecular flexibility index (Phi) is 27.6. The second-order valence-electron chi connectivity index (χ2n) is 8.68. The second kappa shape index (κ2) is 25.9. The molecule has 2 aliphatic rings. The summed E-state index contributed by atoms with van der Waals surface area (Å²) in [6, 6.07) is 2.94. The number of pyridine rings is 4. The van der Waals surface area contributed by atoms with E-state index in [1.54, 1.807) is 43.4 Å². The number of halogens is 7. The van der Waals surface area contributed by atoms with Crippen LogP contribution in [0, 0.1) is 0 Å². The quantitative estimate of drug-likeness (QED) is 0.148. The number of rotatable bonds is 2. The van der Waals surface area contributed by atoms with Crippen molar-refractivity contribution in [3.05, 3.63) is 120 Å². The fourth-order valence-corrected chi connectivity index (χ4v) is 5.29. The van der Waals surface area contributed by atoms with Gasteiger partial charge in [0, 0.05) is 115 Å². The Balaban J connectivity index is 0. The summed E-state index contributed by atoms with van der Waals surface area (Å²) in [4.78, 5) is 34.6. The van der Waals surface area contributed by atoms with Crippen molar-refractivity contribution >= 4 is 110 Å². The van der Waals surface area contributed by atoms with E-state index in [0.717, 1.165) is 31.3 Å². The molecule has 0 saturated heterocycles. The molecule has 0 amide bonds. The average Bonchev–Trinajstić information content (AvgIpc) is 3.87. The predicted molar refractivity (Wildman–Crippen MR) is 193 cm³/mol. The van der Waals surface area contributed by atoms with Gasteiger partial charge >= 0.3 is 7.12 Å². The van der Waals surface area contributed by atoms with Crippen LogP contribution in [0.2, 0.25) is 15.9 Å². The molecule has 241 valence electrons. The Hall–Kier alpha value is 0.957. The van der Waals surface area contributed by atoms with Gasteiger partial charge in [-0.2, -0.15) is 0 Å². The molecule has 6 rings (SSSR count). The van der Waals surface area contributed by atoms with E-state index in [2.05, 4.69) is 99.6 Å². The minimum atomic E-state index is -1.04. The fourth-order valence-electron chi connectivity index (χ4n) is 2.71. The normalized spacial score (nSPS) is 12.1. The molecule has 0 unspecified atom stereocenters. The maximum Gasteiger partial charge on any atom is 0.454 e. The van der Waals surface area contributed by atoms with Gasteiger partial charge in [0.1, 0.15) is 0 Å². The van der Waals surface area contributed by atoms with Crippen LogP contribution in [0.5, 0.6) is 0 Å². The van der Waals surface area contributed by atoms with Gasteiger partial charge in [-0.05, 0) is 110 Å². The third kappa shape index (κ3) is 19.7. The van der Waals surface area contributed by atoms with Crippen molar-refractivity contribution in [2.24, 2.45) is 0 Å². The zero-order chi connectivity index (χ0) is 31.2. The Morgan fingerprint density at radius 3 is 1.49 bits per heavy atom. The van der Waals surface area contributed by atoms with Gasteiger partial charge in [-0.15, -0.1) is 0 Å². The molecular weight excluding hydrogens is 1200 g/mol. The van der Waals surface area contributed by atoms with Gasteiger partial charge in [0.25, 0.3) is 0 Å². The Labute approximate surface area is 354 Å². The molecule has 0 spiro atoms. The summed E-state index contributed by atoms with van der Waals surface area (Å²) >= 11 is 27.7. The molecule has 8 nitrogen and oxygen atoms in total. The monoisotopic (exact) mass is 1220 g/mol. The van der Waals surface area contributed by atoms with Crippen LogP contribution in [0.4, 0.5) is 0 Å². The number of H-pyrrole nitrogens is 2. The van der Waals surface area contributed by atoms with Crippen molar-refractivity contribution < 1.29 is 63.8 Å². The first kappa shape index (κ1) is 48.1. The molecule has 0 bridgehead atoms. The van der Waals surface area contributed by atoms with Crippen molar-refractivity contribution in [1.82, 2.24) is 19.9 Å². The van der Waals surface area contributed by atoms with E-state index in [-0.39, 0.29) is 77.9 Å². The standard InChI is InChI=1S/C8H7BrClN.C5H2Br2ClN.C5H3Br2NO.C5H5NO.C3H7BO2.CH4.W.Y/c9-7-4-11-3-6(8(7)10)5-1-2-5;6-3-1-9-2-4(7)5(3)8;6-3-1-8-2-4(7)5(3)9;7-5-1-3-6-4-2-5;5-4(6)3-1-2-3;;;/h3-5H,1-2H2;1-2H;1-2H,(H,8,9);1-4H,(H,6,7);3,5-6H,1-2H2;1H4;;. The van der Waals surface area contributed by atoms with Crippen LogP contribution in [0.15, 0.2) is 93.7 Å². The molecule has 2 saturated carbocycles.